The van der Waals surface area contributed by atoms with Gasteiger partial charge in [0.25, 0.3) is 5.91 Å². The highest BCUT2D eigenvalue weighted by Gasteiger charge is 2.13. The Hall–Kier alpha value is -3.08. The molecule has 124 valence electrons. The van der Waals surface area contributed by atoms with E-state index in [1.54, 1.807) is 24.3 Å². The number of anilines is 1. The predicted octanol–water partition coefficient (Wildman–Crippen LogP) is 3.20. The van der Waals surface area contributed by atoms with Crippen LogP contribution >= 0.6 is 0 Å². The zero-order valence-corrected chi connectivity index (χ0v) is 13.7. The molecule has 0 bridgehead atoms. The lowest BCUT2D eigenvalue weighted by atomic mass is 10.2. The smallest absolute Gasteiger partial charge is 0.272 e. The van der Waals surface area contributed by atoms with Gasteiger partial charge >= 0.3 is 0 Å². The average molecular weight is 324 g/mol. The third-order valence-corrected chi connectivity index (χ3v) is 3.10. The molecule has 0 spiro atoms. The van der Waals surface area contributed by atoms with Crippen molar-refractivity contribution >= 4 is 23.6 Å². The Bertz CT molecular complexity index is 739. The Morgan fingerprint density at radius 1 is 1.04 bits per heavy atom. The Balaban J connectivity index is 2.26. The summed E-state index contributed by atoms with van der Waals surface area (Å²) >= 11 is 0. The van der Waals surface area contributed by atoms with Crippen LogP contribution in [0.1, 0.15) is 19.4 Å². The first-order chi connectivity index (χ1) is 11.6. The van der Waals surface area contributed by atoms with Crippen LogP contribution in [-0.2, 0) is 9.59 Å². The molecule has 0 heterocycles. The molecule has 2 aromatic carbocycles. The summed E-state index contributed by atoms with van der Waals surface area (Å²) in [6.45, 7) is 3.72. The number of carbonyl (C=O) groups is 2. The van der Waals surface area contributed by atoms with Crippen molar-refractivity contribution in [3.63, 3.8) is 0 Å². The average Bonchev–Trinajstić information content (AvgIpc) is 2.57. The lowest BCUT2D eigenvalue weighted by Crippen LogP contribution is -2.29. The largest absolute Gasteiger partial charge is 0.492 e. The highest BCUT2D eigenvalue weighted by atomic mass is 16.5. The molecule has 0 aliphatic carbocycles. The van der Waals surface area contributed by atoms with E-state index in [-0.39, 0.29) is 11.6 Å². The molecular formula is C19H20N2O3. The third kappa shape index (κ3) is 4.98. The van der Waals surface area contributed by atoms with Crippen molar-refractivity contribution in [2.45, 2.75) is 13.8 Å². The fraction of sp³-hybridized carbons (Fsp3) is 0.158. The van der Waals surface area contributed by atoms with Crippen molar-refractivity contribution in [2.24, 2.45) is 0 Å². The Morgan fingerprint density at radius 3 is 2.38 bits per heavy atom. The van der Waals surface area contributed by atoms with Crippen molar-refractivity contribution in [3.05, 3.63) is 65.9 Å². The van der Waals surface area contributed by atoms with Crippen molar-refractivity contribution in [1.82, 2.24) is 5.32 Å². The third-order valence-electron chi connectivity index (χ3n) is 3.10. The van der Waals surface area contributed by atoms with Gasteiger partial charge in [-0.05, 0) is 30.7 Å². The summed E-state index contributed by atoms with van der Waals surface area (Å²) in [6.07, 6.45) is 1.63. The van der Waals surface area contributed by atoms with Crippen molar-refractivity contribution < 1.29 is 14.3 Å². The standard InChI is InChI=1S/C19H20N2O3/c1-3-24-18-12-8-7-11-16(18)21-19(23)17(20-14(2)22)13-15-9-5-4-6-10-15/h4-13H,3H2,1-2H3,(H,20,22)(H,21,23)/b17-13-. The monoisotopic (exact) mass is 324 g/mol. The van der Waals surface area contributed by atoms with Crippen molar-refractivity contribution in [3.8, 4) is 5.75 Å². The molecular weight excluding hydrogens is 304 g/mol. The second-order valence-corrected chi connectivity index (χ2v) is 5.03. The molecule has 0 atom stereocenters. The molecule has 5 heteroatoms. The molecule has 0 radical (unpaired) electrons. The number of hydrogen-bond acceptors (Lipinski definition) is 3. The van der Waals surface area contributed by atoms with Crippen molar-refractivity contribution in [2.75, 3.05) is 11.9 Å². The van der Waals surface area contributed by atoms with Crippen LogP contribution in [0.15, 0.2) is 60.3 Å². The summed E-state index contributed by atoms with van der Waals surface area (Å²) in [5.41, 5.74) is 1.53. The zero-order chi connectivity index (χ0) is 17.4. The maximum atomic E-state index is 12.6. The number of para-hydroxylation sites is 2. The lowest BCUT2D eigenvalue weighted by Gasteiger charge is -2.13. The van der Waals surface area contributed by atoms with Gasteiger partial charge in [-0.2, -0.15) is 0 Å². The van der Waals surface area contributed by atoms with Crippen LogP contribution in [0.3, 0.4) is 0 Å². The minimum atomic E-state index is -0.416. The number of nitrogens with one attached hydrogen (secondary N) is 2. The highest BCUT2D eigenvalue weighted by Crippen LogP contribution is 2.24. The molecule has 0 unspecified atom stereocenters. The molecule has 0 aliphatic heterocycles. The van der Waals surface area contributed by atoms with Gasteiger partial charge in [0.05, 0.1) is 12.3 Å². The Labute approximate surface area is 141 Å². The van der Waals surface area contributed by atoms with Crippen LogP contribution < -0.4 is 15.4 Å². The zero-order valence-electron chi connectivity index (χ0n) is 13.7. The topological polar surface area (TPSA) is 67.4 Å². The van der Waals surface area contributed by atoms with E-state index in [9.17, 15) is 9.59 Å². The van der Waals surface area contributed by atoms with Gasteiger partial charge in [-0.3, -0.25) is 9.59 Å². The van der Waals surface area contributed by atoms with Gasteiger partial charge in [0.1, 0.15) is 11.4 Å². The second-order valence-electron chi connectivity index (χ2n) is 5.03. The van der Waals surface area contributed by atoms with E-state index >= 15 is 0 Å². The quantitative estimate of drug-likeness (QED) is 0.802. The van der Waals surface area contributed by atoms with Gasteiger partial charge in [-0.25, -0.2) is 0 Å². The van der Waals surface area contributed by atoms with Gasteiger partial charge in [0, 0.05) is 6.92 Å². The van der Waals surface area contributed by atoms with Crippen LogP contribution in [0.25, 0.3) is 6.08 Å². The minimum Gasteiger partial charge on any atom is -0.492 e. The van der Waals surface area contributed by atoms with Gasteiger partial charge < -0.3 is 15.4 Å². The summed E-state index contributed by atoms with van der Waals surface area (Å²) in [4.78, 5) is 24.0. The van der Waals surface area contributed by atoms with Crippen LogP contribution in [0.2, 0.25) is 0 Å². The highest BCUT2D eigenvalue weighted by molar-refractivity contribution is 6.09. The number of amides is 2. The van der Waals surface area contributed by atoms with E-state index in [2.05, 4.69) is 10.6 Å². The number of hydrogen-bond donors (Lipinski definition) is 2. The SMILES string of the molecule is CCOc1ccccc1NC(=O)/C(=C/c1ccccc1)NC(C)=O. The van der Waals surface area contributed by atoms with Crippen LogP contribution in [-0.4, -0.2) is 18.4 Å². The summed E-state index contributed by atoms with van der Waals surface area (Å²) in [5.74, 6) is -0.151. The van der Waals surface area contributed by atoms with Gasteiger partial charge in [0.15, 0.2) is 0 Å². The Morgan fingerprint density at radius 2 is 1.71 bits per heavy atom. The van der Waals surface area contributed by atoms with Crippen LogP contribution in [0.4, 0.5) is 5.69 Å². The summed E-state index contributed by atoms with van der Waals surface area (Å²) in [7, 11) is 0. The van der Waals surface area contributed by atoms with E-state index in [4.69, 9.17) is 4.74 Å². The maximum absolute atomic E-state index is 12.6. The summed E-state index contributed by atoms with van der Waals surface area (Å²) in [5, 5.41) is 5.34. The Kier molecular flexibility index (Phi) is 6.14. The molecule has 0 saturated carbocycles. The van der Waals surface area contributed by atoms with Gasteiger partial charge in [0.2, 0.25) is 5.91 Å². The first-order valence-electron chi connectivity index (χ1n) is 7.67. The molecule has 2 N–H and O–H groups in total. The number of benzene rings is 2. The molecule has 24 heavy (non-hydrogen) atoms. The maximum Gasteiger partial charge on any atom is 0.272 e. The number of ether oxygens (including phenoxy) is 1. The van der Waals surface area contributed by atoms with E-state index in [1.165, 1.54) is 6.92 Å². The lowest BCUT2D eigenvalue weighted by molar-refractivity contribution is -0.120. The first-order valence-corrected chi connectivity index (χ1v) is 7.67. The molecule has 0 aromatic heterocycles. The molecule has 2 amide bonds. The van der Waals surface area contributed by atoms with Crippen LogP contribution in [0.5, 0.6) is 5.75 Å². The second kappa shape index (κ2) is 8.53. The summed E-state index contributed by atoms with van der Waals surface area (Å²) < 4.78 is 5.50. The van der Waals surface area contributed by atoms with Crippen molar-refractivity contribution in [1.29, 1.82) is 0 Å². The number of carbonyl (C=O) groups excluding carboxylic acids is 2. The van der Waals surface area contributed by atoms with Gasteiger partial charge in [-0.15, -0.1) is 0 Å². The number of rotatable bonds is 6. The van der Waals surface area contributed by atoms with Gasteiger partial charge in [-0.1, -0.05) is 42.5 Å². The van der Waals surface area contributed by atoms with E-state index in [0.717, 1.165) is 5.56 Å². The normalized spacial score (nSPS) is 10.8. The molecule has 0 fully saturated rings. The molecule has 0 saturated heterocycles. The fourth-order valence-corrected chi connectivity index (χ4v) is 2.10. The van der Waals surface area contributed by atoms with E-state index in [1.807, 2.05) is 43.3 Å². The molecule has 2 rings (SSSR count). The minimum absolute atomic E-state index is 0.167. The molecule has 0 aliphatic rings. The van der Waals surface area contributed by atoms with E-state index in [0.29, 0.717) is 18.0 Å². The fourth-order valence-electron chi connectivity index (χ4n) is 2.10. The van der Waals surface area contributed by atoms with Crippen LogP contribution in [0, 0.1) is 0 Å². The predicted molar refractivity (Wildman–Crippen MR) is 94.5 cm³/mol. The molecule has 5 nitrogen and oxygen atoms in total. The summed E-state index contributed by atoms with van der Waals surface area (Å²) in [6, 6.07) is 16.5. The van der Waals surface area contributed by atoms with E-state index < -0.39 is 5.91 Å². The molecule has 2 aromatic rings. The first kappa shape index (κ1) is 17.3.